The Morgan fingerprint density at radius 2 is 1.71 bits per heavy atom. The van der Waals surface area contributed by atoms with E-state index >= 15 is 0 Å². The number of nitrogens with zero attached hydrogens (tertiary/aromatic N) is 3. The van der Waals surface area contributed by atoms with E-state index in [0.717, 1.165) is 42.8 Å². The van der Waals surface area contributed by atoms with Gasteiger partial charge >= 0.3 is 0 Å². The summed E-state index contributed by atoms with van der Waals surface area (Å²) in [6, 6.07) is 13.3. The van der Waals surface area contributed by atoms with Crippen LogP contribution in [-0.4, -0.2) is 33.2 Å². The van der Waals surface area contributed by atoms with Gasteiger partial charge in [-0.25, -0.2) is 4.98 Å². The first-order valence-electron chi connectivity index (χ1n) is 9.82. The van der Waals surface area contributed by atoms with Gasteiger partial charge in [-0.1, -0.05) is 35.9 Å². The zero-order valence-corrected chi connectivity index (χ0v) is 16.4. The van der Waals surface area contributed by atoms with E-state index in [2.05, 4.69) is 9.88 Å². The van der Waals surface area contributed by atoms with E-state index in [-0.39, 0.29) is 17.3 Å². The highest BCUT2D eigenvalue weighted by atomic mass is 16.1. The minimum absolute atomic E-state index is 0.0480. The number of ketones is 1. The van der Waals surface area contributed by atoms with Crippen LogP contribution in [0.2, 0.25) is 0 Å². The van der Waals surface area contributed by atoms with Crippen LogP contribution < -0.4 is 5.56 Å². The number of piperidine rings is 1. The fraction of sp³-hybridized carbons (Fsp3) is 0.348. The van der Waals surface area contributed by atoms with Gasteiger partial charge in [0.1, 0.15) is 5.65 Å². The van der Waals surface area contributed by atoms with Crippen molar-refractivity contribution in [2.24, 2.45) is 5.92 Å². The van der Waals surface area contributed by atoms with Gasteiger partial charge < -0.3 is 0 Å². The van der Waals surface area contributed by atoms with E-state index in [0.29, 0.717) is 12.2 Å². The van der Waals surface area contributed by atoms with Crippen molar-refractivity contribution >= 4 is 11.4 Å². The van der Waals surface area contributed by atoms with Crippen molar-refractivity contribution in [3.05, 3.63) is 81.4 Å². The molecule has 0 atom stereocenters. The molecule has 0 aliphatic carbocycles. The molecule has 0 bridgehead atoms. The van der Waals surface area contributed by atoms with Crippen LogP contribution in [0.5, 0.6) is 0 Å². The van der Waals surface area contributed by atoms with E-state index in [1.54, 1.807) is 10.5 Å². The van der Waals surface area contributed by atoms with Crippen molar-refractivity contribution in [1.29, 1.82) is 0 Å². The number of hydrogen-bond acceptors (Lipinski definition) is 4. The minimum atomic E-state index is -0.0480. The van der Waals surface area contributed by atoms with Crippen molar-refractivity contribution in [2.75, 3.05) is 13.1 Å². The third-order valence-corrected chi connectivity index (χ3v) is 5.54. The summed E-state index contributed by atoms with van der Waals surface area (Å²) in [6.45, 7) is 6.32. The topological polar surface area (TPSA) is 54.7 Å². The molecule has 0 radical (unpaired) electrons. The molecule has 1 saturated heterocycles. The Labute approximate surface area is 164 Å². The monoisotopic (exact) mass is 375 g/mol. The molecule has 2 aromatic heterocycles. The Morgan fingerprint density at radius 3 is 2.43 bits per heavy atom. The molecule has 1 aliphatic rings. The first kappa shape index (κ1) is 18.6. The van der Waals surface area contributed by atoms with Gasteiger partial charge in [-0.15, -0.1) is 0 Å². The van der Waals surface area contributed by atoms with Gasteiger partial charge in [-0.2, -0.15) is 0 Å². The lowest BCUT2D eigenvalue weighted by Gasteiger charge is -2.31. The molecule has 0 saturated carbocycles. The predicted octanol–water partition coefficient (Wildman–Crippen LogP) is 3.41. The predicted molar refractivity (Wildman–Crippen MR) is 110 cm³/mol. The van der Waals surface area contributed by atoms with Gasteiger partial charge in [-0.3, -0.25) is 18.9 Å². The summed E-state index contributed by atoms with van der Waals surface area (Å²) in [5.41, 5.74) is 4.43. The van der Waals surface area contributed by atoms with Crippen molar-refractivity contribution in [2.45, 2.75) is 33.2 Å². The Morgan fingerprint density at radius 1 is 1.04 bits per heavy atom. The fourth-order valence-corrected chi connectivity index (χ4v) is 3.88. The molecular formula is C23H25N3O2. The van der Waals surface area contributed by atoms with Crippen molar-refractivity contribution < 1.29 is 4.79 Å². The molecule has 4 rings (SSSR count). The second kappa shape index (κ2) is 7.68. The van der Waals surface area contributed by atoms with Crippen LogP contribution in [0.1, 0.15) is 40.0 Å². The van der Waals surface area contributed by atoms with Crippen LogP contribution in [0.3, 0.4) is 0 Å². The summed E-state index contributed by atoms with van der Waals surface area (Å²) in [7, 11) is 0. The number of likely N-dealkylation sites (tertiary alicyclic amines) is 1. The van der Waals surface area contributed by atoms with Crippen LogP contribution in [0.25, 0.3) is 5.65 Å². The molecule has 0 unspecified atom stereocenters. The summed E-state index contributed by atoms with van der Waals surface area (Å²) in [5.74, 6) is 0.328. The highest BCUT2D eigenvalue weighted by molar-refractivity contribution is 5.97. The van der Waals surface area contributed by atoms with Crippen LogP contribution in [-0.2, 0) is 6.54 Å². The molecule has 3 heterocycles. The fourth-order valence-electron chi connectivity index (χ4n) is 3.88. The molecule has 1 aliphatic heterocycles. The molecular weight excluding hydrogens is 350 g/mol. The highest BCUT2D eigenvalue weighted by Gasteiger charge is 2.26. The smallest absolute Gasteiger partial charge is 0.258 e. The third kappa shape index (κ3) is 3.90. The maximum absolute atomic E-state index is 12.7. The number of pyridine rings is 1. The number of rotatable bonds is 4. The molecule has 0 amide bonds. The van der Waals surface area contributed by atoms with E-state index in [9.17, 15) is 9.59 Å². The van der Waals surface area contributed by atoms with Crippen molar-refractivity contribution in [1.82, 2.24) is 14.3 Å². The number of aromatic nitrogens is 2. The minimum Gasteiger partial charge on any atom is -0.297 e. The number of carbonyl (C=O) groups is 1. The number of benzene rings is 1. The first-order valence-corrected chi connectivity index (χ1v) is 9.82. The van der Waals surface area contributed by atoms with E-state index in [1.807, 2.05) is 56.4 Å². The van der Waals surface area contributed by atoms with Gasteiger partial charge in [0, 0.05) is 30.3 Å². The molecule has 1 fully saturated rings. The van der Waals surface area contributed by atoms with Gasteiger partial charge in [0.05, 0.1) is 5.69 Å². The van der Waals surface area contributed by atoms with E-state index in [4.69, 9.17) is 0 Å². The zero-order valence-electron chi connectivity index (χ0n) is 16.4. The normalized spacial score (nSPS) is 15.8. The second-order valence-corrected chi connectivity index (χ2v) is 7.80. The zero-order chi connectivity index (χ0) is 19.7. The largest absolute Gasteiger partial charge is 0.297 e. The summed E-state index contributed by atoms with van der Waals surface area (Å²) in [4.78, 5) is 32.0. The Bertz CT molecular complexity index is 1060. The maximum Gasteiger partial charge on any atom is 0.258 e. The lowest BCUT2D eigenvalue weighted by atomic mass is 9.88. The van der Waals surface area contributed by atoms with Crippen LogP contribution in [0.4, 0.5) is 0 Å². The second-order valence-electron chi connectivity index (χ2n) is 7.80. The number of fused-ring (bicyclic) bond motifs is 1. The summed E-state index contributed by atoms with van der Waals surface area (Å²) in [5, 5.41) is 0. The lowest BCUT2D eigenvalue weighted by Crippen LogP contribution is -2.36. The number of Topliss-reactive ketones (excluding diaryl/α,β-unsaturated/α-hetero) is 1. The summed E-state index contributed by atoms with van der Waals surface area (Å²) in [6.07, 6.45) is 3.51. The number of hydrogen-bond donors (Lipinski definition) is 0. The average Bonchev–Trinajstić information content (AvgIpc) is 2.69. The van der Waals surface area contributed by atoms with Crippen molar-refractivity contribution in [3.8, 4) is 0 Å². The molecule has 5 heteroatoms. The van der Waals surface area contributed by atoms with Gasteiger partial charge in [0.15, 0.2) is 5.78 Å². The molecule has 0 spiro atoms. The number of carbonyl (C=O) groups excluding carboxylic acids is 1. The Balaban J connectivity index is 1.41. The molecule has 1 aromatic carbocycles. The van der Waals surface area contributed by atoms with Gasteiger partial charge in [0.25, 0.3) is 5.56 Å². The molecule has 3 aromatic rings. The molecule has 28 heavy (non-hydrogen) atoms. The lowest BCUT2D eigenvalue weighted by molar-refractivity contribution is 0.0834. The first-order chi connectivity index (χ1) is 13.5. The average molecular weight is 375 g/mol. The molecule has 144 valence electrons. The van der Waals surface area contributed by atoms with Gasteiger partial charge in [0.2, 0.25) is 0 Å². The van der Waals surface area contributed by atoms with Crippen LogP contribution in [0.15, 0.2) is 53.5 Å². The Hall–Kier alpha value is -2.79. The van der Waals surface area contributed by atoms with Crippen LogP contribution >= 0.6 is 0 Å². The van der Waals surface area contributed by atoms with Gasteiger partial charge in [-0.05, 0) is 51.4 Å². The van der Waals surface area contributed by atoms with Crippen molar-refractivity contribution in [3.63, 3.8) is 0 Å². The van der Waals surface area contributed by atoms with E-state index < -0.39 is 0 Å². The quantitative estimate of drug-likeness (QED) is 0.656. The maximum atomic E-state index is 12.7. The Kier molecular flexibility index (Phi) is 5.09. The standard InChI is InChI=1S/C23H25N3O2/c1-16-3-6-18(7-4-16)23(28)19-9-11-25(12-10-19)15-20-13-22(27)26-14-17(2)5-8-21(26)24-20/h3-8,13-14,19H,9-12,15H2,1-2H3. The molecule has 5 nitrogen and oxygen atoms in total. The van der Waals surface area contributed by atoms with Crippen LogP contribution in [0, 0.1) is 19.8 Å². The van der Waals surface area contributed by atoms with E-state index in [1.165, 1.54) is 5.56 Å². The summed E-state index contributed by atoms with van der Waals surface area (Å²) >= 11 is 0. The highest BCUT2D eigenvalue weighted by Crippen LogP contribution is 2.23. The number of aryl methyl sites for hydroxylation is 2. The molecule has 0 N–H and O–H groups in total. The third-order valence-electron chi connectivity index (χ3n) is 5.54. The SMILES string of the molecule is Cc1ccc(C(=O)C2CCN(Cc3cc(=O)n4cc(C)ccc4n3)CC2)cc1. The summed E-state index contributed by atoms with van der Waals surface area (Å²) < 4.78 is 1.59.